The van der Waals surface area contributed by atoms with Crippen molar-refractivity contribution in [1.29, 1.82) is 0 Å². The van der Waals surface area contributed by atoms with E-state index in [-0.39, 0.29) is 12.5 Å². The summed E-state index contributed by atoms with van der Waals surface area (Å²) in [7, 11) is 0. The maximum Gasteiger partial charge on any atom is 0.277 e. The summed E-state index contributed by atoms with van der Waals surface area (Å²) >= 11 is 3.37. The van der Waals surface area contributed by atoms with Crippen LogP contribution < -0.4 is 10.2 Å². The topological polar surface area (TPSA) is 50.7 Å². The number of hydrazone groups is 1. The monoisotopic (exact) mass is 388 g/mol. The van der Waals surface area contributed by atoms with Crippen LogP contribution >= 0.6 is 15.9 Å². The van der Waals surface area contributed by atoms with E-state index in [1.165, 1.54) is 5.56 Å². The lowest BCUT2D eigenvalue weighted by molar-refractivity contribution is -0.123. The highest BCUT2D eigenvalue weighted by atomic mass is 79.9. The molecule has 1 atom stereocenters. The molecule has 1 N–H and O–H groups in total. The summed E-state index contributed by atoms with van der Waals surface area (Å²) in [6, 6.07) is 15.5. The average molecular weight is 389 g/mol. The highest BCUT2D eigenvalue weighted by Gasteiger charge is 2.04. The van der Waals surface area contributed by atoms with Crippen molar-refractivity contribution in [2.45, 2.75) is 26.2 Å². The zero-order valence-corrected chi connectivity index (χ0v) is 15.4. The van der Waals surface area contributed by atoms with Crippen molar-refractivity contribution in [1.82, 2.24) is 5.43 Å². The van der Waals surface area contributed by atoms with Gasteiger partial charge < -0.3 is 4.74 Å². The molecule has 0 saturated carbocycles. The number of hydrogen-bond acceptors (Lipinski definition) is 3. The zero-order valence-electron chi connectivity index (χ0n) is 13.8. The lowest BCUT2D eigenvalue weighted by Crippen LogP contribution is -2.24. The maximum absolute atomic E-state index is 11.7. The van der Waals surface area contributed by atoms with Crippen LogP contribution in [0.4, 0.5) is 0 Å². The van der Waals surface area contributed by atoms with Gasteiger partial charge in [0.15, 0.2) is 6.61 Å². The van der Waals surface area contributed by atoms with Gasteiger partial charge in [0.1, 0.15) is 5.75 Å². The fraction of sp³-hybridized carbons (Fsp3) is 0.263. The molecule has 1 unspecified atom stereocenters. The number of carbonyl (C=O) groups excluding carboxylic acids is 1. The average Bonchev–Trinajstić information content (AvgIpc) is 2.61. The second kappa shape index (κ2) is 9.23. The van der Waals surface area contributed by atoms with Gasteiger partial charge in [0.2, 0.25) is 0 Å². The van der Waals surface area contributed by atoms with Gasteiger partial charge >= 0.3 is 0 Å². The quantitative estimate of drug-likeness (QED) is 0.560. The molecule has 2 rings (SSSR count). The van der Waals surface area contributed by atoms with Crippen LogP contribution in [0.1, 0.15) is 37.3 Å². The molecular weight excluding hydrogens is 368 g/mol. The van der Waals surface area contributed by atoms with Gasteiger partial charge in [-0.25, -0.2) is 5.43 Å². The number of nitrogens with zero attached hydrogens (tertiary/aromatic N) is 1. The predicted molar refractivity (Wildman–Crippen MR) is 101 cm³/mol. The Morgan fingerprint density at radius 1 is 1.21 bits per heavy atom. The Hall–Kier alpha value is -2.14. The van der Waals surface area contributed by atoms with E-state index >= 15 is 0 Å². The second-order valence-electron chi connectivity index (χ2n) is 5.51. The second-order valence-corrected chi connectivity index (χ2v) is 6.43. The molecule has 5 heteroatoms. The molecule has 0 fully saturated rings. The summed E-state index contributed by atoms with van der Waals surface area (Å²) in [5.41, 5.74) is 4.62. The zero-order chi connectivity index (χ0) is 17.4. The molecule has 24 heavy (non-hydrogen) atoms. The van der Waals surface area contributed by atoms with Crippen molar-refractivity contribution in [2.24, 2.45) is 5.10 Å². The number of carbonyl (C=O) groups is 1. The number of halogens is 1. The SMILES string of the molecule is CCC(C)c1ccc(OCC(=O)NN=Cc2ccc(Br)cc2)cc1. The first-order valence-electron chi connectivity index (χ1n) is 7.88. The van der Waals surface area contributed by atoms with E-state index < -0.39 is 0 Å². The molecule has 2 aromatic carbocycles. The van der Waals surface area contributed by atoms with Crippen LogP contribution in [0.2, 0.25) is 0 Å². The van der Waals surface area contributed by atoms with Crippen LogP contribution in [-0.4, -0.2) is 18.7 Å². The van der Waals surface area contributed by atoms with Gasteiger partial charge in [-0.1, -0.05) is 54.0 Å². The fourth-order valence-electron chi connectivity index (χ4n) is 2.04. The summed E-state index contributed by atoms with van der Waals surface area (Å²) in [5.74, 6) is 0.902. The van der Waals surface area contributed by atoms with Crippen molar-refractivity contribution in [2.75, 3.05) is 6.61 Å². The third-order valence-corrected chi connectivity index (χ3v) is 4.23. The molecule has 0 saturated heterocycles. The molecule has 126 valence electrons. The van der Waals surface area contributed by atoms with Gasteiger partial charge in [0.05, 0.1) is 6.21 Å². The van der Waals surface area contributed by atoms with E-state index in [0.717, 1.165) is 16.5 Å². The van der Waals surface area contributed by atoms with Crippen LogP contribution in [0.5, 0.6) is 5.75 Å². The smallest absolute Gasteiger partial charge is 0.277 e. The molecule has 0 aliphatic rings. The largest absolute Gasteiger partial charge is 0.484 e. The van der Waals surface area contributed by atoms with Gasteiger partial charge in [0, 0.05) is 4.47 Å². The third-order valence-electron chi connectivity index (χ3n) is 3.70. The molecule has 0 aliphatic carbocycles. The van der Waals surface area contributed by atoms with Crippen molar-refractivity contribution in [3.05, 3.63) is 64.1 Å². The van der Waals surface area contributed by atoms with Gasteiger partial charge in [-0.15, -0.1) is 0 Å². The van der Waals surface area contributed by atoms with Crippen molar-refractivity contribution in [3.63, 3.8) is 0 Å². The van der Waals surface area contributed by atoms with E-state index in [9.17, 15) is 4.79 Å². The van der Waals surface area contributed by atoms with E-state index in [0.29, 0.717) is 11.7 Å². The van der Waals surface area contributed by atoms with Crippen LogP contribution in [0.15, 0.2) is 58.1 Å². The summed E-state index contributed by atoms with van der Waals surface area (Å²) in [6.45, 7) is 4.28. The molecule has 0 bridgehead atoms. The molecule has 0 aromatic heterocycles. The number of rotatable bonds is 7. The van der Waals surface area contributed by atoms with Gasteiger partial charge in [-0.05, 0) is 47.7 Å². The Bertz CT molecular complexity index is 682. The standard InChI is InChI=1S/C19H21BrN2O2/c1-3-14(2)16-6-10-18(11-7-16)24-13-19(23)22-21-12-15-4-8-17(20)9-5-15/h4-12,14H,3,13H2,1-2H3,(H,22,23). The van der Waals surface area contributed by atoms with Crippen LogP contribution in [0.3, 0.4) is 0 Å². The van der Waals surface area contributed by atoms with Crippen molar-refractivity contribution in [3.8, 4) is 5.75 Å². The Labute approximate surface area is 151 Å². The first-order valence-corrected chi connectivity index (χ1v) is 8.68. The van der Waals surface area contributed by atoms with Crippen LogP contribution in [-0.2, 0) is 4.79 Å². The van der Waals surface area contributed by atoms with Gasteiger partial charge in [-0.3, -0.25) is 4.79 Å². The number of amides is 1. The minimum Gasteiger partial charge on any atom is -0.484 e. The summed E-state index contributed by atoms with van der Waals surface area (Å²) in [6.07, 6.45) is 2.68. The Kier molecular flexibility index (Phi) is 7.00. The first kappa shape index (κ1) is 18.2. The van der Waals surface area contributed by atoms with Gasteiger partial charge in [0.25, 0.3) is 5.91 Å². The van der Waals surface area contributed by atoms with Crippen LogP contribution in [0.25, 0.3) is 0 Å². The summed E-state index contributed by atoms with van der Waals surface area (Å²) < 4.78 is 6.46. The summed E-state index contributed by atoms with van der Waals surface area (Å²) in [5, 5.41) is 3.91. The molecular formula is C19H21BrN2O2. The highest BCUT2D eigenvalue weighted by molar-refractivity contribution is 9.10. The first-order chi connectivity index (χ1) is 11.6. The Morgan fingerprint density at radius 3 is 2.50 bits per heavy atom. The maximum atomic E-state index is 11.7. The molecule has 0 radical (unpaired) electrons. The molecule has 1 amide bonds. The van der Waals surface area contributed by atoms with Gasteiger partial charge in [-0.2, -0.15) is 5.10 Å². The number of nitrogens with one attached hydrogen (secondary N) is 1. The molecule has 0 spiro atoms. The lowest BCUT2D eigenvalue weighted by atomic mass is 9.99. The predicted octanol–water partition coefficient (Wildman–Crippen LogP) is 4.49. The number of ether oxygens (including phenoxy) is 1. The third kappa shape index (κ3) is 5.81. The van der Waals surface area contributed by atoms with E-state index in [4.69, 9.17) is 4.74 Å². The van der Waals surface area contributed by atoms with E-state index in [1.54, 1.807) is 6.21 Å². The lowest BCUT2D eigenvalue weighted by Gasteiger charge is -2.10. The van der Waals surface area contributed by atoms with E-state index in [2.05, 4.69) is 40.3 Å². The Morgan fingerprint density at radius 2 is 1.88 bits per heavy atom. The fourth-order valence-corrected chi connectivity index (χ4v) is 2.30. The molecule has 4 nitrogen and oxygen atoms in total. The Balaban J connectivity index is 1.77. The molecule has 2 aromatic rings. The van der Waals surface area contributed by atoms with Crippen molar-refractivity contribution >= 4 is 28.1 Å². The normalized spacial score (nSPS) is 12.1. The van der Waals surface area contributed by atoms with Crippen molar-refractivity contribution < 1.29 is 9.53 Å². The summed E-state index contributed by atoms with van der Waals surface area (Å²) in [4.78, 5) is 11.7. The number of hydrogen-bond donors (Lipinski definition) is 1. The van der Waals surface area contributed by atoms with Crippen LogP contribution in [0, 0.1) is 0 Å². The number of benzene rings is 2. The minimum absolute atomic E-state index is 0.0691. The highest BCUT2D eigenvalue weighted by Crippen LogP contribution is 2.21. The minimum atomic E-state index is -0.297. The van der Waals surface area contributed by atoms with E-state index in [1.807, 2.05) is 48.5 Å². The molecule has 0 heterocycles. The molecule has 0 aliphatic heterocycles.